The van der Waals surface area contributed by atoms with Crippen LogP contribution < -0.4 is 10.6 Å². The monoisotopic (exact) mass is 483 g/mol. The molecule has 21 heavy (non-hydrogen) atoms. The van der Waals surface area contributed by atoms with E-state index in [1.807, 2.05) is 19.2 Å². The van der Waals surface area contributed by atoms with Gasteiger partial charge in [-0.1, -0.05) is 28.1 Å². The Balaban J connectivity index is 0.00000220. The Hall–Kier alpha value is 0.0500. The molecule has 0 aromatic heterocycles. The van der Waals surface area contributed by atoms with Gasteiger partial charge in [0.1, 0.15) is 0 Å². The Morgan fingerprint density at radius 1 is 1.43 bits per heavy atom. The molecule has 1 fully saturated rings. The van der Waals surface area contributed by atoms with Crippen LogP contribution in [0.3, 0.4) is 0 Å². The van der Waals surface area contributed by atoms with E-state index in [1.54, 1.807) is 0 Å². The average Bonchev–Trinajstić information content (AvgIpc) is 2.86. The molecule has 1 heterocycles. The van der Waals surface area contributed by atoms with Crippen LogP contribution in [0.25, 0.3) is 0 Å². The summed E-state index contributed by atoms with van der Waals surface area (Å²) in [5.41, 5.74) is 1.24. The highest BCUT2D eigenvalue weighted by Gasteiger charge is 2.29. The third-order valence-corrected chi connectivity index (χ3v) is 5.53. The maximum Gasteiger partial charge on any atom is 0.191 e. The van der Waals surface area contributed by atoms with Crippen molar-refractivity contribution >= 4 is 57.6 Å². The summed E-state index contributed by atoms with van der Waals surface area (Å²) in [6, 6.07) is 8.32. The minimum atomic E-state index is 0. The molecule has 1 aromatic carbocycles. The van der Waals surface area contributed by atoms with Crippen molar-refractivity contribution in [2.75, 3.05) is 19.3 Å². The van der Waals surface area contributed by atoms with Crippen molar-refractivity contribution in [3.8, 4) is 0 Å². The van der Waals surface area contributed by atoms with Crippen LogP contribution in [0, 0.1) is 0 Å². The minimum absolute atomic E-state index is 0. The highest BCUT2D eigenvalue weighted by molar-refractivity contribution is 14.0. The zero-order chi connectivity index (χ0) is 14.4. The smallest absolute Gasteiger partial charge is 0.191 e. The lowest BCUT2D eigenvalue weighted by Crippen LogP contribution is -2.43. The summed E-state index contributed by atoms with van der Waals surface area (Å²) >= 11 is 5.55. The molecule has 0 amide bonds. The number of nitrogens with one attached hydrogen (secondary N) is 2. The van der Waals surface area contributed by atoms with Crippen LogP contribution in [0.15, 0.2) is 33.7 Å². The molecule has 0 saturated carbocycles. The minimum Gasteiger partial charge on any atom is -0.355 e. The van der Waals surface area contributed by atoms with Crippen LogP contribution in [0.5, 0.6) is 0 Å². The van der Waals surface area contributed by atoms with Crippen LogP contribution in [0.4, 0.5) is 0 Å². The summed E-state index contributed by atoms with van der Waals surface area (Å²) in [4.78, 5) is 4.29. The van der Waals surface area contributed by atoms with Gasteiger partial charge in [0.25, 0.3) is 0 Å². The zero-order valence-electron chi connectivity index (χ0n) is 12.5. The predicted octanol–water partition coefficient (Wildman–Crippen LogP) is 4.02. The summed E-state index contributed by atoms with van der Waals surface area (Å²) in [5.74, 6) is 2.15. The van der Waals surface area contributed by atoms with Crippen LogP contribution >= 0.6 is 51.7 Å². The lowest BCUT2D eigenvalue weighted by atomic mass is 10.1. The fourth-order valence-electron chi connectivity index (χ4n) is 2.30. The van der Waals surface area contributed by atoms with Gasteiger partial charge in [0.2, 0.25) is 0 Å². The molecule has 3 nitrogen and oxygen atoms in total. The van der Waals surface area contributed by atoms with Gasteiger partial charge in [-0.15, -0.1) is 24.0 Å². The summed E-state index contributed by atoms with van der Waals surface area (Å²) in [7, 11) is 1.82. The Bertz CT molecular complexity index is 476. The van der Waals surface area contributed by atoms with Crippen molar-refractivity contribution in [2.24, 2.45) is 4.99 Å². The van der Waals surface area contributed by atoms with Gasteiger partial charge in [-0.25, -0.2) is 0 Å². The molecule has 2 N–H and O–H groups in total. The van der Waals surface area contributed by atoms with Crippen LogP contribution in [0.1, 0.15) is 25.3 Å². The molecule has 1 aliphatic heterocycles. The molecule has 0 bridgehead atoms. The number of nitrogens with zero attached hydrogens (tertiary/aromatic N) is 1. The standard InChI is InChI=1S/C15H22BrN3S.HI/c1-15(7-4-8-20-15)11-19-14(17-2)18-10-12-5-3-6-13(16)9-12;/h3,5-6,9H,4,7-8,10-11H2,1-2H3,(H2,17,18,19);1H. The second-order valence-corrected chi connectivity index (χ2v) is 7.91. The van der Waals surface area contributed by atoms with E-state index < -0.39 is 0 Å². The van der Waals surface area contributed by atoms with Gasteiger partial charge in [-0.3, -0.25) is 4.99 Å². The van der Waals surface area contributed by atoms with Gasteiger partial charge in [-0.2, -0.15) is 11.8 Å². The quantitative estimate of drug-likeness (QED) is 0.385. The van der Waals surface area contributed by atoms with E-state index in [9.17, 15) is 0 Å². The topological polar surface area (TPSA) is 36.4 Å². The number of guanidine groups is 1. The Labute approximate surface area is 157 Å². The third-order valence-electron chi connectivity index (χ3n) is 3.50. The first-order valence-corrected chi connectivity index (χ1v) is 8.72. The van der Waals surface area contributed by atoms with Gasteiger partial charge in [-0.05, 0) is 43.2 Å². The Morgan fingerprint density at radius 3 is 2.86 bits per heavy atom. The Morgan fingerprint density at radius 2 is 2.24 bits per heavy atom. The van der Waals surface area contributed by atoms with Crippen molar-refractivity contribution in [1.29, 1.82) is 0 Å². The van der Waals surface area contributed by atoms with Crippen molar-refractivity contribution in [3.05, 3.63) is 34.3 Å². The third kappa shape index (κ3) is 6.36. The molecular formula is C15H23BrIN3S. The summed E-state index contributed by atoms with van der Waals surface area (Å²) in [6.07, 6.45) is 2.61. The number of hydrogen-bond acceptors (Lipinski definition) is 2. The lowest BCUT2D eigenvalue weighted by molar-refractivity contribution is 0.584. The molecule has 0 spiro atoms. The molecule has 0 radical (unpaired) electrons. The van der Waals surface area contributed by atoms with Gasteiger partial charge in [0, 0.05) is 29.4 Å². The van der Waals surface area contributed by atoms with Gasteiger partial charge in [0.05, 0.1) is 0 Å². The largest absolute Gasteiger partial charge is 0.355 e. The number of thioether (sulfide) groups is 1. The second kappa shape index (κ2) is 9.25. The van der Waals surface area contributed by atoms with Crippen molar-refractivity contribution in [1.82, 2.24) is 10.6 Å². The van der Waals surface area contributed by atoms with Crippen LogP contribution in [-0.2, 0) is 6.54 Å². The molecule has 1 atom stereocenters. The van der Waals surface area contributed by atoms with E-state index >= 15 is 0 Å². The number of halogens is 2. The molecular weight excluding hydrogens is 461 g/mol. The normalized spacial score (nSPS) is 21.8. The number of hydrogen-bond donors (Lipinski definition) is 2. The lowest BCUT2D eigenvalue weighted by Gasteiger charge is -2.24. The SMILES string of the molecule is CN=C(NCc1cccc(Br)c1)NCC1(C)CCCS1.I. The van der Waals surface area contributed by atoms with E-state index in [0.717, 1.165) is 23.5 Å². The summed E-state index contributed by atoms with van der Waals surface area (Å²) in [6.45, 7) is 4.08. The molecule has 1 unspecified atom stereocenters. The number of aliphatic imine (C=N–C) groups is 1. The molecule has 6 heteroatoms. The first-order chi connectivity index (χ1) is 9.61. The Kier molecular flexibility index (Phi) is 8.41. The molecule has 1 aliphatic rings. The summed E-state index contributed by atoms with van der Waals surface area (Å²) < 4.78 is 1.46. The summed E-state index contributed by atoms with van der Waals surface area (Å²) in [5, 5.41) is 6.81. The highest BCUT2D eigenvalue weighted by Crippen LogP contribution is 2.36. The maximum absolute atomic E-state index is 4.29. The molecule has 2 rings (SSSR count). The number of rotatable bonds is 4. The second-order valence-electron chi connectivity index (χ2n) is 5.31. The highest BCUT2D eigenvalue weighted by atomic mass is 127. The zero-order valence-corrected chi connectivity index (χ0v) is 17.2. The van der Waals surface area contributed by atoms with E-state index in [-0.39, 0.29) is 24.0 Å². The maximum atomic E-state index is 4.29. The molecule has 1 saturated heterocycles. The molecule has 118 valence electrons. The van der Waals surface area contributed by atoms with Gasteiger partial charge in [0.15, 0.2) is 5.96 Å². The van der Waals surface area contributed by atoms with Crippen LogP contribution in [0.2, 0.25) is 0 Å². The van der Waals surface area contributed by atoms with Crippen molar-refractivity contribution < 1.29 is 0 Å². The predicted molar refractivity (Wildman–Crippen MR) is 108 cm³/mol. The van der Waals surface area contributed by atoms with Gasteiger partial charge >= 0.3 is 0 Å². The fourth-order valence-corrected chi connectivity index (χ4v) is 3.99. The molecule has 1 aromatic rings. The van der Waals surface area contributed by atoms with Crippen molar-refractivity contribution in [2.45, 2.75) is 31.1 Å². The van der Waals surface area contributed by atoms with Crippen LogP contribution in [-0.4, -0.2) is 30.1 Å². The van der Waals surface area contributed by atoms with E-state index in [1.165, 1.54) is 24.2 Å². The number of benzene rings is 1. The van der Waals surface area contributed by atoms with E-state index in [2.05, 4.69) is 62.4 Å². The average molecular weight is 484 g/mol. The van der Waals surface area contributed by atoms with E-state index in [0.29, 0.717) is 4.75 Å². The van der Waals surface area contributed by atoms with Gasteiger partial charge < -0.3 is 10.6 Å². The first kappa shape index (κ1) is 19.1. The van der Waals surface area contributed by atoms with E-state index in [4.69, 9.17) is 0 Å². The van der Waals surface area contributed by atoms with Crippen molar-refractivity contribution in [3.63, 3.8) is 0 Å². The first-order valence-electron chi connectivity index (χ1n) is 6.94. The fraction of sp³-hybridized carbons (Fsp3) is 0.533. The molecule has 0 aliphatic carbocycles.